The SMILES string of the molecule is COc1ccc(OCC(=O)N[C@H](C)c2ccc(Br)cc2)cc1. The Kier molecular flexibility index (Phi) is 5.83. The third kappa shape index (κ3) is 4.77. The summed E-state index contributed by atoms with van der Waals surface area (Å²) in [5, 5.41) is 2.90. The lowest BCUT2D eigenvalue weighted by Crippen LogP contribution is -2.31. The lowest BCUT2D eigenvalue weighted by Gasteiger charge is -2.15. The molecule has 1 N–H and O–H groups in total. The van der Waals surface area contributed by atoms with Crippen LogP contribution in [0.25, 0.3) is 0 Å². The summed E-state index contributed by atoms with van der Waals surface area (Å²) in [6, 6.07) is 14.9. The van der Waals surface area contributed by atoms with Gasteiger partial charge in [0.15, 0.2) is 6.61 Å². The zero-order valence-electron chi connectivity index (χ0n) is 12.5. The smallest absolute Gasteiger partial charge is 0.258 e. The summed E-state index contributed by atoms with van der Waals surface area (Å²) in [4.78, 5) is 11.9. The normalized spacial score (nSPS) is 11.6. The maximum Gasteiger partial charge on any atom is 0.258 e. The number of nitrogens with one attached hydrogen (secondary N) is 1. The molecule has 2 aromatic rings. The fraction of sp³-hybridized carbons (Fsp3) is 0.235. The number of amides is 1. The number of rotatable bonds is 6. The van der Waals surface area contributed by atoms with E-state index in [9.17, 15) is 4.79 Å². The Hall–Kier alpha value is -2.01. The third-order valence-electron chi connectivity index (χ3n) is 3.18. The van der Waals surface area contributed by atoms with Gasteiger partial charge in [0.05, 0.1) is 13.2 Å². The average Bonchev–Trinajstić information content (AvgIpc) is 2.54. The van der Waals surface area contributed by atoms with Crippen molar-refractivity contribution in [2.45, 2.75) is 13.0 Å². The molecule has 1 atom stereocenters. The van der Waals surface area contributed by atoms with Gasteiger partial charge >= 0.3 is 0 Å². The molecule has 0 radical (unpaired) electrons. The first-order chi connectivity index (χ1) is 10.6. The molecule has 0 bridgehead atoms. The Bertz CT molecular complexity index is 611. The molecule has 1 amide bonds. The maximum absolute atomic E-state index is 11.9. The average molecular weight is 364 g/mol. The molecular weight excluding hydrogens is 346 g/mol. The predicted molar refractivity (Wildman–Crippen MR) is 89.2 cm³/mol. The van der Waals surface area contributed by atoms with Gasteiger partial charge in [0.25, 0.3) is 5.91 Å². The summed E-state index contributed by atoms with van der Waals surface area (Å²) in [7, 11) is 1.60. The van der Waals surface area contributed by atoms with Crippen LogP contribution in [-0.2, 0) is 4.79 Å². The molecule has 0 aliphatic carbocycles. The van der Waals surface area contributed by atoms with E-state index in [1.165, 1.54) is 0 Å². The van der Waals surface area contributed by atoms with Crippen LogP contribution in [0.4, 0.5) is 0 Å². The minimum absolute atomic E-state index is 0.0206. The molecule has 2 aromatic carbocycles. The lowest BCUT2D eigenvalue weighted by atomic mass is 10.1. The zero-order chi connectivity index (χ0) is 15.9. The van der Waals surface area contributed by atoms with Crippen molar-refractivity contribution in [3.63, 3.8) is 0 Å². The maximum atomic E-state index is 11.9. The van der Waals surface area contributed by atoms with E-state index in [4.69, 9.17) is 9.47 Å². The second-order valence-electron chi connectivity index (χ2n) is 4.80. The summed E-state index contributed by atoms with van der Waals surface area (Å²) in [6.45, 7) is 1.92. The highest BCUT2D eigenvalue weighted by molar-refractivity contribution is 9.10. The monoisotopic (exact) mass is 363 g/mol. The van der Waals surface area contributed by atoms with Crippen LogP contribution in [0.1, 0.15) is 18.5 Å². The van der Waals surface area contributed by atoms with E-state index in [0.717, 1.165) is 15.8 Å². The highest BCUT2D eigenvalue weighted by Crippen LogP contribution is 2.18. The highest BCUT2D eigenvalue weighted by Gasteiger charge is 2.10. The van der Waals surface area contributed by atoms with Gasteiger partial charge in [0.1, 0.15) is 11.5 Å². The van der Waals surface area contributed by atoms with Crippen molar-refractivity contribution >= 4 is 21.8 Å². The number of ether oxygens (including phenoxy) is 2. The fourth-order valence-corrected chi connectivity index (χ4v) is 2.20. The minimum atomic E-state index is -0.161. The van der Waals surface area contributed by atoms with Crippen LogP contribution in [0.15, 0.2) is 53.0 Å². The Morgan fingerprint density at radius 2 is 1.68 bits per heavy atom. The van der Waals surface area contributed by atoms with Crippen molar-refractivity contribution in [2.75, 3.05) is 13.7 Å². The van der Waals surface area contributed by atoms with Gasteiger partial charge in [-0.05, 0) is 48.9 Å². The Morgan fingerprint density at radius 1 is 1.09 bits per heavy atom. The van der Waals surface area contributed by atoms with Crippen molar-refractivity contribution < 1.29 is 14.3 Å². The molecule has 0 unspecified atom stereocenters. The van der Waals surface area contributed by atoms with E-state index in [2.05, 4.69) is 21.2 Å². The Morgan fingerprint density at radius 3 is 2.27 bits per heavy atom. The standard InChI is InChI=1S/C17H18BrNO3/c1-12(13-3-5-14(18)6-4-13)19-17(20)11-22-16-9-7-15(21-2)8-10-16/h3-10,12H,11H2,1-2H3,(H,19,20)/t12-/m1/s1. The van der Waals surface area contributed by atoms with Crippen molar-refractivity contribution in [1.29, 1.82) is 0 Å². The van der Waals surface area contributed by atoms with Gasteiger partial charge in [-0.25, -0.2) is 0 Å². The van der Waals surface area contributed by atoms with Gasteiger partial charge in [-0.3, -0.25) is 4.79 Å². The van der Waals surface area contributed by atoms with E-state index in [1.54, 1.807) is 31.4 Å². The molecule has 4 nitrogen and oxygen atoms in total. The number of methoxy groups -OCH3 is 1. The molecule has 0 aromatic heterocycles. The van der Waals surface area contributed by atoms with Crippen molar-refractivity contribution in [3.05, 3.63) is 58.6 Å². The summed E-state index contributed by atoms with van der Waals surface area (Å²) >= 11 is 3.39. The molecule has 0 saturated heterocycles. The molecule has 0 aliphatic rings. The van der Waals surface area contributed by atoms with Gasteiger partial charge in [-0.15, -0.1) is 0 Å². The van der Waals surface area contributed by atoms with Gasteiger partial charge in [0.2, 0.25) is 0 Å². The van der Waals surface area contributed by atoms with E-state index in [-0.39, 0.29) is 18.6 Å². The van der Waals surface area contributed by atoms with Crippen molar-refractivity contribution in [2.24, 2.45) is 0 Å². The van der Waals surface area contributed by atoms with E-state index in [0.29, 0.717) is 5.75 Å². The van der Waals surface area contributed by atoms with Crippen LogP contribution in [0.5, 0.6) is 11.5 Å². The number of hydrogen-bond donors (Lipinski definition) is 1. The lowest BCUT2D eigenvalue weighted by molar-refractivity contribution is -0.123. The number of carbonyl (C=O) groups excluding carboxylic acids is 1. The Labute approximate surface area is 138 Å². The quantitative estimate of drug-likeness (QED) is 0.850. The third-order valence-corrected chi connectivity index (χ3v) is 3.71. The molecule has 5 heteroatoms. The molecule has 0 aliphatic heterocycles. The van der Waals surface area contributed by atoms with Crippen LogP contribution < -0.4 is 14.8 Å². The summed E-state index contributed by atoms with van der Waals surface area (Å²) in [5.74, 6) is 1.22. The van der Waals surface area contributed by atoms with Crippen LogP contribution in [-0.4, -0.2) is 19.6 Å². The fourth-order valence-electron chi connectivity index (χ4n) is 1.94. The highest BCUT2D eigenvalue weighted by atomic mass is 79.9. The molecule has 0 fully saturated rings. The van der Waals surface area contributed by atoms with Crippen molar-refractivity contribution in [1.82, 2.24) is 5.32 Å². The first-order valence-electron chi connectivity index (χ1n) is 6.90. The Balaban J connectivity index is 1.83. The van der Waals surface area contributed by atoms with Crippen LogP contribution in [0.2, 0.25) is 0 Å². The number of hydrogen-bond acceptors (Lipinski definition) is 3. The predicted octanol–water partition coefficient (Wildman–Crippen LogP) is 3.71. The van der Waals surface area contributed by atoms with Crippen LogP contribution in [0, 0.1) is 0 Å². The second-order valence-corrected chi connectivity index (χ2v) is 5.72. The molecule has 116 valence electrons. The van der Waals surface area contributed by atoms with Crippen LogP contribution in [0.3, 0.4) is 0 Å². The van der Waals surface area contributed by atoms with Gasteiger partial charge in [-0.1, -0.05) is 28.1 Å². The molecule has 0 heterocycles. The summed E-state index contributed by atoms with van der Waals surface area (Å²) in [6.07, 6.45) is 0. The number of benzene rings is 2. The summed E-state index contributed by atoms with van der Waals surface area (Å²) in [5.41, 5.74) is 1.04. The number of carbonyl (C=O) groups is 1. The molecule has 2 rings (SSSR count). The summed E-state index contributed by atoms with van der Waals surface area (Å²) < 4.78 is 11.5. The van der Waals surface area contributed by atoms with E-state index < -0.39 is 0 Å². The molecule has 22 heavy (non-hydrogen) atoms. The van der Waals surface area contributed by atoms with Gasteiger partial charge in [0, 0.05) is 4.47 Å². The number of halogens is 1. The molecular formula is C17H18BrNO3. The van der Waals surface area contributed by atoms with Gasteiger partial charge in [-0.2, -0.15) is 0 Å². The van der Waals surface area contributed by atoms with Gasteiger partial charge < -0.3 is 14.8 Å². The van der Waals surface area contributed by atoms with E-state index >= 15 is 0 Å². The van der Waals surface area contributed by atoms with E-state index in [1.807, 2.05) is 31.2 Å². The molecule has 0 spiro atoms. The van der Waals surface area contributed by atoms with Crippen LogP contribution >= 0.6 is 15.9 Å². The topological polar surface area (TPSA) is 47.6 Å². The first-order valence-corrected chi connectivity index (χ1v) is 7.69. The second kappa shape index (κ2) is 7.84. The minimum Gasteiger partial charge on any atom is -0.497 e. The first kappa shape index (κ1) is 16.4. The zero-order valence-corrected chi connectivity index (χ0v) is 14.1. The molecule has 0 saturated carbocycles. The van der Waals surface area contributed by atoms with Crippen molar-refractivity contribution in [3.8, 4) is 11.5 Å². The largest absolute Gasteiger partial charge is 0.497 e.